The van der Waals surface area contributed by atoms with Crippen LogP contribution in [-0.4, -0.2) is 12.1 Å². The maximum Gasteiger partial charge on any atom is 0.491 e. The molecule has 0 radical (unpaired) electrons. The first-order chi connectivity index (χ1) is 11.9. The van der Waals surface area contributed by atoms with E-state index >= 15 is 0 Å². The minimum Gasteiger partial charge on any atom is -0.420 e. The van der Waals surface area contributed by atoms with Gasteiger partial charge in [0.1, 0.15) is 5.75 Å². The van der Waals surface area contributed by atoms with Gasteiger partial charge in [-0.25, -0.2) is 4.79 Å². The lowest BCUT2D eigenvalue weighted by Gasteiger charge is -2.07. The number of ether oxygens (including phenoxy) is 1. The van der Waals surface area contributed by atoms with Crippen LogP contribution < -0.4 is 4.74 Å². The minimum atomic E-state index is -4.96. The van der Waals surface area contributed by atoms with Crippen LogP contribution in [0, 0.1) is 0 Å². The Morgan fingerprint density at radius 1 is 0.840 bits per heavy atom. The Morgan fingerprint density at radius 2 is 1.32 bits per heavy atom. The molecule has 0 aliphatic heterocycles. The van der Waals surface area contributed by atoms with Crippen molar-refractivity contribution in [1.29, 1.82) is 0 Å². The normalized spacial score (nSPS) is 11.5. The van der Waals surface area contributed by atoms with Crippen LogP contribution in [0.25, 0.3) is 0 Å². The molecule has 2 nitrogen and oxygen atoms in total. The van der Waals surface area contributed by atoms with Crippen molar-refractivity contribution < 1.29 is 22.7 Å². The molecule has 1 aromatic carbocycles. The molecule has 0 amide bonds. The molecule has 25 heavy (non-hydrogen) atoms. The Kier molecular flexibility index (Phi) is 10.3. The fraction of sp³-hybridized carbons (Fsp3) is 0.650. The molecule has 0 aromatic heterocycles. The number of rotatable bonds is 12. The van der Waals surface area contributed by atoms with Gasteiger partial charge in [0.15, 0.2) is 0 Å². The van der Waals surface area contributed by atoms with Crippen LogP contribution in [0.5, 0.6) is 5.75 Å². The molecule has 142 valence electrons. The summed E-state index contributed by atoms with van der Waals surface area (Å²) >= 11 is 0. The Bertz CT molecular complexity index is 481. The van der Waals surface area contributed by atoms with Crippen molar-refractivity contribution in [3.63, 3.8) is 0 Å². The summed E-state index contributed by atoms with van der Waals surface area (Å²) < 4.78 is 40.6. The minimum absolute atomic E-state index is 0.0749. The number of hydrogen-bond acceptors (Lipinski definition) is 2. The number of halogens is 3. The zero-order valence-electron chi connectivity index (χ0n) is 15.0. The lowest BCUT2D eigenvalue weighted by molar-refractivity contribution is -0.189. The van der Waals surface area contributed by atoms with E-state index in [1.54, 1.807) is 12.1 Å². The van der Waals surface area contributed by atoms with Crippen molar-refractivity contribution in [2.75, 3.05) is 0 Å². The third-order valence-electron chi connectivity index (χ3n) is 4.18. The molecule has 0 heterocycles. The second-order valence-electron chi connectivity index (χ2n) is 6.46. The van der Waals surface area contributed by atoms with E-state index in [0.29, 0.717) is 0 Å². The van der Waals surface area contributed by atoms with Crippen molar-refractivity contribution in [2.24, 2.45) is 0 Å². The second-order valence-corrected chi connectivity index (χ2v) is 6.46. The Morgan fingerprint density at radius 3 is 1.80 bits per heavy atom. The van der Waals surface area contributed by atoms with E-state index in [9.17, 15) is 18.0 Å². The van der Waals surface area contributed by atoms with E-state index in [2.05, 4.69) is 11.7 Å². The molecule has 0 aliphatic carbocycles. The number of benzene rings is 1. The fourth-order valence-electron chi connectivity index (χ4n) is 2.71. The number of alkyl halides is 3. The van der Waals surface area contributed by atoms with Gasteiger partial charge in [0.2, 0.25) is 0 Å². The highest BCUT2D eigenvalue weighted by Crippen LogP contribution is 2.21. The van der Waals surface area contributed by atoms with Crippen molar-refractivity contribution in [2.45, 2.75) is 83.7 Å². The summed E-state index contributed by atoms with van der Waals surface area (Å²) in [5, 5.41) is 0. The molecule has 0 bridgehead atoms. The summed E-state index contributed by atoms with van der Waals surface area (Å²) in [6.07, 6.45) is 8.63. The van der Waals surface area contributed by atoms with Crippen molar-refractivity contribution in [3.8, 4) is 5.75 Å². The van der Waals surface area contributed by atoms with Crippen LogP contribution in [0.1, 0.15) is 76.7 Å². The van der Waals surface area contributed by atoms with Crippen LogP contribution in [0.4, 0.5) is 13.2 Å². The van der Waals surface area contributed by atoms with Gasteiger partial charge < -0.3 is 4.74 Å². The van der Waals surface area contributed by atoms with Gasteiger partial charge in [-0.2, -0.15) is 13.2 Å². The number of aryl methyl sites for hydroxylation is 1. The van der Waals surface area contributed by atoms with Gasteiger partial charge in [-0.05, 0) is 30.5 Å². The Balaban J connectivity index is 2.11. The summed E-state index contributed by atoms with van der Waals surface area (Å²) in [4.78, 5) is 10.7. The number of esters is 1. The zero-order chi connectivity index (χ0) is 18.5. The smallest absolute Gasteiger partial charge is 0.420 e. The molecule has 0 spiro atoms. The first-order valence-electron chi connectivity index (χ1n) is 9.31. The largest absolute Gasteiger partial charge is 0.491 e. The molecule has 1 rings (SSSR count). The van der Waals surface area contributed by atoms with Gasteiger partial charge in [-0.1, -0.05) is 76.8 Å². The van der Waals surface area contributed by atoms with Gasteiger partial charge in [0, 0.05) is 0 Å². The summed E-state index contributed by atoms with van der Waals surface area (Å²) in [5.74, 6) is -2.26. The van der Waals surface area contributed by atoms with Crippen LogP contribution in [0.3, 0.4) is 0 Å². The fourth-order valence-corrected chi connectivity index (χ4v) is 2.71. The Labute approximate surface area is 148 Å². The number of carbonyl (C=O) groups is 1. The Hall–Kier alpha value is -1.52. The highest BCUT2D eigenvalue weighted by atomic mass is 19.4. The summed E-state index contributed by atoms with van der Waals surface area (Å²) in [6.45, 7) is 2.22. The standard InChI is InChI=1S/C20H29F3O2/c1-2-3-4-5-6-7-8-9-10-11-12-17-13-15-18(16-14-17)25-19(24)20(21,22)23/h13-16H,2-12H2,1H3. The predicted molar refractivity (Wildman–Crippen MR) is 93.7 cm³/mol. The summed E-state index contributed by atoms with van der Waals surface area (Å²) in [5.41, 5.74) is 1.05. The first-order valence-corrected chi connectivity index (χ1v) is 9.31. The van der Waals surface area contributed by atoms with Crippen molar-refractivity contribution >= 4 is 5.97 Å². The molecule has 0 atom stereocenters. The first kappa shape index (κ1) is 21.5. The van der Waals surface area contributed by atoms with E-state index in [1.165, 1.54) is 69.9 Å². The van der Waals surface area contributed by atoms with Gasteiger partial charge >= 0.3 is 12.1 Å². The molecule has 0 fully saturated rings. The molecule has 1 aromatic rings. The van der Waals surface area contributed by atoms with Crippen molar-refractivity contribution in [3.05, 3.63) is 29.8 Å². The second kappa shape index (κ2) is 11.9. The zero-order valence-corrected chi connectivity index (χ0v) is 15.0. The van der Waals surface area contributed by atoms with E-state index in [-0.39, 0.29) is 5.75 Å². The number of carbonyl (C=O) groups excluding carboxylic acids is 1. The molecule has 0 aliphatic rings. The van der Waals surface area contributed by atoms with Crippen LogP contribution >= 0.6 is 0 Å². The van der Waals surface area contributed by atoms with Crippen LogP contribution in [0.15, 0.2) is 24.3 Å². The quantitative estimate of drug-likeness (QED) is 0.238. The molecule has 0 saturated heterocycles. The molecule has 5 heteroatoms. The molecular weight excluding hydrogens is 329 g/mol. The van der Waals surface area contributed by atoms with E-state index in [0.717, 1.165) is 18.4 Å². The van der Waals surface area contributed by atoms with Crippen molar-refractivity contribution in [1.82, 2.24) is 0 Å². The SMILES string of the molecule is CCCCCCCCCCCCc1ccc(OC(=O)C(F)(F)F)cc1. The maximum atomic E-state index is 12.1. The van der Waals surface area contributed by atoms with Gasteiger partial charge in [0.05, 0.1) is 0 Å². The van der Waals surface area contributed by atoms with Crippen LogP contribution in [-0.2, 0) is 11.2 Å². The third kappa shape index (κ3) is 10.1. The predicted octanol–water partition coefficient (Wildman–Crippen LogP) is 6.62. The average molecular weight is 358 g/mol. The lowest BCUT2D eigenvalue weighted by Crippen LogP contribution is -2.27. The van der Waals surface area contributed by atoms with Gasteiger partial charge in [-0.15, -0.1) is 0 Å². The third-order valence-corrected chi connectivity index (χ3v) is 4.18. The highest BCUT2D eigenvalue weighted by Gasteiger charge is 2.41. The van der Waals surface area contributed by atoms with Gasteiger partial charge in [-0.3, -0.25) is 0 Å². The maximum absolute atomic E-state index is 12.1. The molecule has 0 unspecified atom stereocenters. The number of hydrogen-bond donors (Lipinski definition) is 0. The van der Waals surface area contributed by atoms with Gasteiger partial charge in [0.25, 0.3) is 0 Å². The van der Waals surface area contributed by atoms with E-state index in [4.69, 9.17) is 0 Å². The number of unbranched alkanes of at least 4 members (excludes halogenated alkanes) is 9. The van der Waals surface area contributed by atoms with E-state index < -0.39 is 12.1 Å². The van der Waals surface area contributed by atoms with Crippen LogP contribution in [0.2, 0.25) is 0 Å². The van der Waals surface area contributed by atoms with E-state index in [1.807, 2.05) is 0 Å². The monoisotopic (exact) mass is 358 g/mol. The highest BCUT2D eigenvalue weighted by molar-refractivity contribution is 5.78. The average Bonchev–Trinajstić information content (AvgIpc) is 2.57. The molecule has 0 N–H and O–H groups in total. The lowest BCUT2D eigenvalue weighted by atomic mass is 10.0. The molecule has 0 saturated carbocycles. The summed E-state index contributed by atoms with van der Waals surface area (Å²) in [7, 11) is 0. The topological polar surface area (TPSA) is 26.3 Å². The summed E-state index contributed by atoms with van der Waals surface area (Å²) in [6, 6.07) is 6.25. The molecular formula is C20H29F3O2.